The lowest BCUT2D eigenvalue weighted by Gasteiger charge is -2.43. The molecule has 1 aliphatic heterocycles. The Balaban J connectivity index is 2.57. The molecular weight excluding hydrogens is 184 g/mol. The van der Waals surface area contributed by atoms with Gasteiger partial charge >= 0.3 is 0 Å². The molecule has 0 aromatic carbocycles. The fourth-order valence-electron chi connectivity index (χ4n) is 2.88. The number of nitrogens with two attached hydrogens (primary N) is 1. The van der Waals surface area contributed by atoms with E-state index in [1.54, 1.807) is 0 Å². The largest absolute Gasteiger partial charge is 0.329 e. The molecule has 0 amide bonds. The van der Waals surface area contributed by atoms with Gasteiger partial charge in [-0.25, -0.2) is 0 Å². The van der Waals surface area contributed by atoms with Crippen LogP contribution in [0.3, 0.4) is 0 Å². The first-order valence-electron chi connectivity index (χ1n) is 6.52. The van der Waals surface area contributed by atoms with Gasteiger partial charge in [0.05, 0.1) is 0 Å². The van der Waals surface area contributed by atoms with Crippen LogP contribution < -0.4 is 5.73 Å². The lowest BCUT2D eigenvalue weighted by atomic mass is 9.84. The van der Waals surface area contributed by atoms with E-state index < -0.39 is 0 Å². The molecule has 1 rings (SSSR count). The maximum atomic E-state index is 5.91. The lowest BCUT2D eigenvalue weighted by molar-refractivity contribution is 0.0607. The molecule has 1 aliphatic rings. The molecule has 1 fully saturated rings. The molecule has 0 saturated carbocycles. The van der Waals surface area contributed by atoms with Crippen LogP contribution in [-0.2, 0) is 0 Å². The summed E-state index contributed by atoms with van der Waals surface area (Å²) in [6.07, 6.45) is 2.62. The topological polar surface area (TPSA) is 29.3 Å². The lowest BCUT2D eigenvalue weighted by Crippen LogP contribution is -2.52. The van der Waals surface area contributed by atoms with E-state index in [1.807, 2.05) is 0 Å². The standard InChI is InChI=1S/C13H28N2/c1-5-10(2)8-15-9-11(3)6-12(4)13(15)7-14/h10-13H,5-9,14H2,1-4H3. The molecular formula is C13H28N2. The van der Waals surface area contributed by atoms with Crippen molar-refractivity contribution in [3.05, 3.63) is 0 Å². The highest BCUT2D eigenvalue weighted by Gasteiger charge is 2.31. The molecule has 4 unspecified atom stereocenters. The summed E-state index contributed by atoms with van der Waals surface area (Å²) in [5, 5.41) is 0. The zero-order valence-electron chi connectivity index (χ0n) is 10.9. The minimum Gasteiger partial charge on any atom is -0.329 e. The Morgan fingerprint density at radius 2 is 2.07 bits per heavy atom. The number of hydrogen-bond donors (Lipinski definition) is 1. The summed E-state index contributed by atoms with van der Waals surface area (Å²) in [6, 6.07) is 0.621. The second kappa shape index (κ2) is 5.86. The molecule has 1 heterocycles. The molecule has 0 aromatic rings. The van der Waals surface area contributed by atoms with Crippen molar-refractivity contribution in [1.82, 2.24) is 4.90 Å². The Morgan fingerprint density at radius 1 is 1.40 bits per heavy atom. The summed E-state index contributed by atoms with van der Waals surface area (Å²) in [4.78, 5) is 2.63. The third kappa shape index (κ3) is 3.46. The minimum atomic E-state index is 0.621. The van der Waals surface area contributed by atoms with Gasteiger partial charge in [-0.3, -0.25) is 4.90 Å². The van der Waals surface area contributed by atoms with E-state index in [4.69, 9.17) is 5.73 Å². The SMILES string of the molecule is CCC(C)CN1CC(C)CC(C)C1CN. The van der Waals surface area contributed by atoms with E-state index in [0.29, 0.717) is 6.04 Å². The van der Waals surface area contributed by atoms with Crippen molar-refractivity contribution in [2.45, 2.75) is 46.6 Å². The van der Waals surface area contributed by atoms with E-state index in [0.717, 1.165) is 24.3 Å². The van der Waals surface area contributed by atoms with Gasteiger partial charge in [-0.1, -0.05) is 34.1 Å². The van der Waals surface area contributed by atoms with E-state index in [-0.39, 0.29) is 0 Å². The quantitative estimate of drug-likeness (QED) is 0.775. The van der Waals surface area contributed by atoms with Crippen LogP contribution in [0, 0.1) is 17.8 Å². The Labute approximate surface area is 95.2 Å². The Bertz CT molecular complexity index is 181. The highest BCUT2D eigenvalue weighted by atomic mass is 15.2. The Morgan fingerprint density at radius 3 is 2.60 bits per heavy atom. The maximum absolute atomic E-state index is 5.91. The first kappa shape index (κ1) is 13.0. The van der Waals surface area contributed by atoms with E-state index in [9.17, 15) is 0 Å². The van der Waals surface area contributed by atoms with Crippen LogP contribution in [0.1, 0.15) is 40.5 Å². The van der Waals surface area contributed by atoms with Gasteiger partial charge in [-0.15, -0.1) is 0 Å². The summed E-state index contributed by atoms with van der Waals surface area (Å²) in [6.45, 7) is 12.6. The predicted octanol–water partition coefficient (Wildman–Crippen LogP) is 2.34. The molecule has 0 aliphatic carbocycles. The summed E-state index contributed by atoms with van der Waals surface area (Å²) >= 11 is 0. The third-order valence-electron chi connectivity index (χ3n) is 3.93. The van der Waals surface area contributed by atoms with Crippen LogP contribution in [0.2, 0.25) is 0 Å². The van der Waals surface area contributed by atoms with Gasteiger partial charge in [-0.2, -0.15) is 0 Å². The maximum Gasteiger partial charge on any atom is 0.0244 e. The molecule has 2 N–H and O–H groups in total. The van der Waals surface area contributed by atoms with E-state index in [1.165, 1.54) is 25.9 Å². The number of hydrogen-bond acceptors (Lipinski definition) is 2. The number of rotatable bonds is 4. The normalized spacial score (nSPS) is 35.4. The van der Waals surface area contributed by atoms with Gasteiger partial charge in [0.25, 0.3) is 0 Å². The Kier molecular flexibility index (Phi) is 5.07. The van der Waals surface area contributed by atoms with Gasteiger partial charge in [0.1, 0.15) is 0 Å². The highest BCUT2D eigenvalue weighted by Crippen LogP contribution is 2.27. The van der Waals surface area contributed by atoms with Crippen LogP contribution in [0.5, 0.6) is 0 Å². The Hall–Kier alpha value is -0.0800. The highest BCUT2D eigenvalue weighted by molar-refractivity contribution is 4.86. The molecule has 0 aromatic heterocycles. The van der Waals surface area contributed by atoms with E-state index >= 15 is 0 Å². The molecule has 0 radical (unpaired) electrons. The van der Waals surface area contributed by atoms with Crippen molar-refractivity contribution < 1.29 is 0 Å². The van der Waals surface area contributed by atoms with Gasteiger partial charge in [0, 0.05) is 25.7 Å². The van der Waals surface area contributed by atoms with Gasteiger partial charge in [-0.05, 0) is 24.2 Å². The molecule has 2 heteroatoms. The molecule has 15 heavy (non-hydrogen) atoms. The average molecular weight is 212 g/mol. The van der Waals surface area contributed by atoms with Crippen LogP contribution in [0.4, 0.5) is 0 Å². The van der Waals surface area contributed by atoms with Crippen LogP contribution in [0.15, 0.2) is 0 Å². The van der Waals surface area contributed by atoms with Crippen molar-refractivity contribution in [3.63, 3.8) is 0 Å². The van der Waals surface area contributed by atoms with Gasteiger partial charge < -0.3 is 5.73 Å². The van der Waals surface area contributed by atoms with Crippen LogP contribution in [-0.4, -0.2) is 30.6 Å². The predicted molar refractivity (Wildman–Crippen MR) is 66.8 cm³/mol. The average Bonchev–Trinajstić information content (AvgIpc) is 2.17. The van der Waals surface area contributed by atoms with Gasteiger partial charge in [0.15, 0.2) is 0 Å². The summed E-state index contributed by atoms with van der Waals surface area (Å²) in [5.74, 6) is 2.41. The van der Waals surface area contributed by atoms with Crippen LogP contribution >= 0.6 is 0 Å². The fraction of sp³-hybridized carbons (Fsp3) is 1.00. The monoisotopic (exact) mass is 212 g/mol. The molecule has 2 nitrogen and oxygen atoms in total. The fourth-order valence-corrected chi connectivity index (χ4v) is 2.88. The van der Waals surface area contributed by atoms with Crippen LogP contribution in [0.25, 0.3) is 0 Å². The second-order valence-corrected chi connectivity index (χ2v) is 5.59. The number of nitrogens with zero attached hydrogens (tertiary/aromatic N) is 1. The minimum absolute atomic E-state index is 0.621. The van der Waals surface area contributed by atoms with Crippen molar-refractivity contribution in [3.8, 4) is 0 Å². The van der Waals surface area contributed by atoms with Crippen molar-refractivity contribution in [2.75, 3.05) is 19.6 Å². The van der Waals surface area contributed by atoms with Crippen molar-refractivity contribution in [1.29, 1.82) is 0 Å². The van der Waals surface area contributed by atoms with Crippen molar-refractivity contribution >= 4 is 0 Å². The first-order valence-corrected chi connectivity index (χ1v) is 6.52. The summed E-state index contributed by atoms with van der Waals surface area (Å²) in [5.41, 5.74) is 5.91. The molecule has 4 atom stereocenters. The second-order valence-electron chi connectivity index (χ2n) is 5.59. The number of piperidine rings is 1. The zero-order valence-corrected chi connectivity index (χ0v) is 10.9. The zero-order chi connectivity index (χ0) is 11.4. The molecule has 1 saturated heterocycles. The smallest absolute Gasteiger partial charge is 0.0244 e. The number of likely N-dealkylation sites (tertiary alicyclic amines) is 1. The molecule has 90 valence electrons. The van der Waals surface area contributed by atoms with E-state index in [2.05, 4.69) is 32.6 Å². The first-order chi connectivity index (χ1) is 7.08. The van der Waals surface area contributed by atoms with Gasteiger partial charge in [0.2, 0.25) is 0 Å². The summed E-state index contributed by atoms with van der Waals surface area (Å²) < 4.78 is 0. The molecule has 0 spiro atoms. The summed E-state index contributed by atoms with van der Waals surface area (Å²) in [7, 11) is 0. The molecule has 0 bridgehead atoms. The third-order valence-corrected chi connectivity index (χ3v) is 3.93. The van der Waals surface area contributed by atoms with Crippen molar-refractivity contribution in [2.24, 2.45) is 23.5 Å².